The highest BCUT2D eigenvalue weighted by molar-refractivity contribution is 6.05. The van der Waals surface area contributed by atoms with Crippen molar-refractivity contribution in [1.29, 1.82) is 0 Å². The van der Waals surface area contributed by atoms with Crippen LogP contribution in [0.15, 0.2) is 0 Å². The molecule has 2 heterocycles. The van der Waals surface area contributed by atoms with Crippen LogP contribution in [0.4, 0.5) is 4.79 Å². The number of aliphatic carboxylic acids is 1. The van der Waals surface area contributed by atoms with E-state index in [0.29, 0.717) is 30.6 Å². The van der Waals surface area contributed by atoms with Crippen LogP contribution in [0.2, 0.25) is 0 Å². The fraction of sp³-hybridized carbons (Fsp3) is 0.682. The van der Waals surface area contributed by atoms with Crippen molar-refractivity contribution in [3.63, 3.8) is 0 Å². The van der Waals surface area contributed by atoms with E-state index < -0.39 is 73.4 Å². The van der Waals surface area contributed by atoms with Crippen LogP contribution < -0.4 is 10.6 Å². The van der Waals surface area contributed by atoms with Crippen LogP contribution >= 0.6 is 0 Å². The molecule has 0 aromatic carbocycles. The Morgan fingerprint density at radius 2 is 1.71 bits per heavy atom. The minimum Gasteiger partial charge on any atom is -0.480 e. The normalized spacial score (nSPS) is 19.8. The molecule has 13 heteroatoms. The van der Waals surface area contributed by atoms with Crippen molar-refractivity contribution >= 4 is 41.9 Å². The minimum atomic E-state index is -1.29. The van der Waals surface area contributed by atoms with E-state index in [1.54, 1.807) is 27.7 Å². The summed E-state index contributed by atoms with van der Waals surface area (Å²) in [6.45, 7) is 5.51. The van der Waals surface area contributed by atoms with Crippen LogP contribution in [0, 0.1) is 11.8 Å². The molecule has 0 bridgehead atoms. The third-order valence-corrected chi connectivity index (χ3v) is 6.02. The molecular weight excluding hydrogens is 462 g/mol. The lowest BCUT2D eigenvalue weighted by atomic mass is 10.0. The third kappa shape index (κ3) is 6.76. The van der Waals surface area contributed by atoms with Gasteiger partial charge in [-0.2, -0.15) is 0 Å². The van der Waals surface area contributed by atoms with E-state index >= 15 is 0 Å². The topological polar surface area (TPSA) is 174 Å². The zero-order chi connectivity index (χ0) is 26.4. The number of nitrogens with zero attached hydrogens (tertiary/aromatic N) is 3. The molecule has 2 rings (SSSR count). The second-order valence-electron chi connectivity index (χ2n) is 9.41. The van der Waals surface area contributed by atoms with Crippen LogP contribution in [0.3, 0.4) is 0 Å². The summed E-state index contributed by atoms with van der Waals surface area (Å²) in [5.74, 6) is -4.19. The quantitative estimate of drug-likeness (QED) is 0.237. The summed E-state index contributed by atoms with van der Waals surface area (Å²) in [4.78, 5) is 88.0. The minimum absolute atomic E-state index is 0.118. The van der Waals surface area contributed by atoms with E-state index in [4.69, 9.17) is 5.11 Å². The molecule has 13 nitrogen and oxygen atoms in total. The SMILES string of the molecule is CC(C)[C@H](NC(=O)CN1C(=O)CN(CC(=O)O)C1=O)C(=O)N1CCC[C@H]1C(=O)N[C@H](C=O)C(C)C. The van der Waals surface area contributed by atoms with Crippen molar-refractivity contribution in [3.8, 4) is 0 Å². The molecule has 2 aliphatic rings. The van der Waals surface area contributed by atoms with E-state index in [2.05, 4.69) is 10.6 Å². The van der Waals surface area contributed by atoms with Gasteiger partial charge in [0.25, 0.3) is 5.91 Å². The maximum Gasteiger partial charge on any atom is 0.328 e. The number of carboxylic acids is 1. The number of hydrogen-bond acceptors (Lipinski definition) is 7. The smallest absolute Gasteiger partial charge is 0.328 e. The van der Waals surface area contributed by atoms with Crippen LogP contribution in [0.1, 0.15) is 40.5 Å². The lowest BCUT2D eigenvalue weighted by molar-refractivity contribution is -0.143. The first-order valence-electron chi connectivity index (χ1n) is 11.5. The van der Waals surface area contributed by atoms with Crippen LogP contribution in [0.5, 0.6) is 0 Å². The molecule has 194 valence electrons. The molecule has 0 aliphatic carbocycles. The van der Waals surface area contributed by atoms with Gasteiger partial charge < -0.3 is 30.3 Å². The predicted octanol–water partition coefficient (Wildman–Crippen LogP) is -1.19. The molecule has 2 fully saturated rings. The number of carboxylic acid groups (broad SMARTS) is 1. The first-order chi connectivity index (χ1) is 16.4. The molecule has 0 aromatic rings. The lowest BCUT2D eigenvalue weighted by Gasteiger charge is -2.31. The van der Waals surface area contributed by atoms with Gasteiger partial charge in [-0.15, -0.1) is 0 Å². The Labute approximate surface area is 203 Å². The molecule has 2 aliphatic heterocycles. The number of aldehydes is 1. The standard InChI is InChI=1S/C22H33N5O8/c1-12(2)14(11-28)23-20(33)15-6-5-7-26(15)21(34)19(13(3)4)24-16(29)8-27-17(30)9-25(22(27)35)10-18(31)32/h11-15,19H,5-10H2,1-4H3,(H,23,33)(H,24,29)(H,31,32)/t14-,15+,19+/m1/s1. The van der Waals surface area contributed by atoms with Gasteiger partial charge >= 0.3 is 12.0 Å². The van der Waals surface area contributed by atoms with Crippen LogP contribution in [-0.4, -0.2) is 106 Å². The van der Waals surface area contributed by atoms with Gasteiger partial charge in [0.15, 0.2) is 0 Å². The van der Waals surface area contributed by atoms with E-state index in [0.717, 1.165) is 4.90 Å². The van der Waals surface area contributed by atoms with Gasteiger partial charge in [0.05, 0.1) is 6.04 Å². The van der Waals surface area contributed by atoms with Gasteiger partial charge in [0.1, 0.15) is 38.0 Å². The second kappa shape index (κ2) is 11.8. The molecule has 6 amide bonds. The Morgan fingerprint density at radius 1 is 1.06 bits per heavy atom. The highest BCUT2D eigenvalue weighted by Crippen LogP contribution is 2.21. The number of urea groups is 1. The Kier molecular flexibility index (Phi) is 9.32. The average molecular weight is 496 g/mol. The maximum atomic E-state index is 13.3. The Hall–Kier alpha value is -3.51. The number of nitrogens with one attached hydrogen (secondary N) is 2. The number of carbonyl (C=O) groups is 7. The van der Waals surface area contributed by atoms with Crippen molar-refractivity contribution < 1.29 is 38.7 Å². The molecule has 0 aromatic heterocycles. The number of rotatable bonds is 11. The zero-order valence-electron chi connectivity index (χ0n) is 20.4. The van der Waals surface area contributed by atoms with Crippen molar-refractivity contribution in [2.45, 2.75) is 58.7 Å². The van der Waals surface area contributed by atoms with E-state index in [1.165, 1.54) is 4.90 Å². The van der Waals surface area contributed by atoms with E-state index in [1.807, 2.05) is 0 Å². The molecular formula is C22H33N5O8. The summed E-state index contributed by atoms with van der Waals surface area (Å²) < 4.78 is 0. The third-order valence-electron chi connectivity index (χ3n) is 6.02. The molecule has 0 saturated carbocycles. The Balaban J connectivity index is 2.06. The van der Waals surface area contributed by atoms with Gasteiger partial charge in [0.2, 0.25) is 17.7 Å². The van der Waals surface area contributed by atoms with Crippen LogP contribution in [-0.2, 0) is 28.8 Å². The van der Waals surface area contributed by atoms with Gasteiger partial charge in [0, 0.05) is 6.54 Å². The fourth-order valence-electron chi connectivity index (χ4n) is 4.01. The number of amides is 6. The summed E-state index contributed by atoms with van der Waals surface area (Å²) in [5, 5.41) is 14.1. The van der Waals surface area contributed by atoms with Gasteiger partial charge in [-0.3, -0.25) is 28.9 Å². The molecule has 2 saturated heterocycles. The summed E-state index contributed by atoms with van der Waals surface area (Å²) >= 11 is 0. The number of hydrogen-bond donors (Lipinski definition) is 3. The first-order valence-corrected chi connectivity index (χ1v) is 11.5. The second-order valence-corrected chi connectivity index (χ2v) is 9.41. The van der Waals surface area contributed by atoms with Gasteiger partial charge in [-0.05, 0) is 24.7 Å². The molecule has 0 spiro atoms. The molecule has 3 atom stereocenters. The first kappa shape index (κ1) is 27.7. The summed E-state index contributed by atoms with van der Waals surface area (Å²) in [7, 11) is 0. The Morgan fingerprint density at radius 3 is 2.26 bits per heavy atom. The molecule has 0 radical (unpaired) electrons. The van der Waals surface area contributed by atoms with Gasteiger partial charge in [-0.1, -0.05) is 27.7 Å². The Bertz CT molecular complexity index is 889. The predicted molar refractivity (Wildman–Crippen MR) is 121 cm³/mol. The van der Waals surface area contributed by atoms with Crippen LogP contribution in [0.25, 0.3) is 0 Å². The van der Waals surface area contributed by atoms with Gasteiger partial charge in [-0.25, -0.2) is 4.79 Å². The summed E-state index contributed by atoms with van der Waals surface area (Å²) in [5.41, 5.74) is 0. The molecule has 3 N–H and O–H groups in total. The fourth-order valence-corrected chi connectivity index (χ4v) is 4.01. The maximum absolute atomic E-state index is 13.3. The zero-order valence-corrected chi connectivity index (χ0v) is 20.4. The molecule has 0 unspecified atom stereocenters. The number of likely N-dealkylation sites (tertiary alicyclic amines) is 1. The average Bonchev–Trinajstić information content (AvgIpc) is 3.35. The lowest BCUT2D eigenvalue weighted by Crippen LogP contribution is -2.57. The van der Waals surface area contributed by atoms with Crippen molar-refractivity contribution in [2.75, 3.05) is 26.2 Å². The highest BCUT2D eigenvalue weighted by atomic mass is 16.4. The van der Waals surface area contributed by atoms with E-state index in [-0.39, 0.29) is 11.8 Å². The largest absolute Gasteiger partial charge is 0.480 e. The van der Waals surface area contributed by atoms with E-state index in [9.17, 15) is 33.6 Å². The number of imide groups is 1. The summed E-state index contributed by atoms with van der Waals surface area (Å²) in [6.07, 6.45) is 1.64. The summed E-state index contributed by atoms with van der Waals surface area (Å²) in [6, 6.07) is -3.39. The molecule has 35 heavy (non-hydrogen) atoms. The highest BCUT2D eigenvalue weighted by Gasteiger charge is 2.41. The van der Waals surface area contributed by atoms with Crippen molar-refractivity contribution in [2.24, 2.45) is 11.8 Å². The monoisotopic (exact) mass is 495 g/mol. The van der Waals surface area contributed by atoms with Crippen molar-refractivity contribution in [1.82, 2.24) is 25.3 Å². The number of carbonyl (C=O) groups excluding carboxylic acids is 6. The van der Waals surface area contributed by atoms with Crippen molar-refractivity contribution in [3.05, 3.63) is 0 Å².